The van der Waals surface area contributed by atoms with E-state index in [0.717, 1.165) is 30.4 Å². The molecule has 1 unspecified atom stereocenters. The van der Waals surface area contributed by atoms with Crippen LogP contribution in [-0.2, 0) is 27.2 Å². The molecule has 0 radical (unpaired) electrons. The van der Waals surface area contributed by atoms with Crippen LogP contribution in [0.3, 0.4) is 0 Å². The summed E-state index contributed by atoms with van der Waals surface area (Å²) in [5.41, 5.74) is 7.74. The molecule has 1 saturated carbocycles. The number of aliphatic hydroxyl groups is 1. The van der Waals surface area contributed by atoms with E-state index in [4.69, 9.17) is 5.73 Å². The summed E-state index contributed by atoms with van der Waals surface area (Å²) in [5.74, 6) is -1.30. The van der Waals surface area contributed by atoms with Crippen LogP contribution in [0.15, 0.2) is 36.9 Å². The van der Waals surface area contributed by atoms with E-state index >= 15 is 0 Å². The van der Waals surface area contributed by atoms with E-state index in [-0.39, 0.29) is 36.8 Å². The van der Waals surface area contributed by atoms with Crippen molar-refractivity contribution in [2.24, 2.45) is 23.5 Å². The lowest BCUT2D eigenvalue weighted by molar-refractivity contribution is -0.142. The molecule has 194 valence electrons. The predicted octanol–water partition coefficient (Wildman–Crippen LogP) is -0.155. The molecule has 5 atom stereocenters. The summed E-state index contributed by atoms with van der Waals surface area (Å²) in [6.07, 6.45) is 4.07. The molecule has 10 heteroatoms. The first kappa shape index (κ1) is 25.7. The van der Waals surface area contributed by atoms with Crippen molar-refractivity contribution in [3.05, 3.63) is 48.0 Å². The molecule has 0 aromatic heterocycles. The van der Waals surface area contributed by atoms with E-state index in [9.17, 15) is 24.3 Å². The Morgan fingerprint density at radius 2 is 1.83 bits per heavy atom. The largest absolute Gasteiger partial charge is 0.381 e. The van der Waals surface area contributed by atoms with E-state index in [1.54, 1.807) is 4.90 Å². The SMILES string of the molecule is C=CCNC(=O)C(O)CNC(=O)[C@@H]1[C@H]2CCC[C@H]2CN1C(=O)[C@@H](NC(N)=O)C1Cc2ccccc2C1. The zero-order chi connectivity index (χ0) is 25.8. The van der Waals surface area contributed by atoms with Crippen LogP contribution in [0.4, 0.5) is 4.79 Å². The van der Waals surface area contributed by atoms with Crippen molar-refractivity contribution in [2.45, 2.75) is 50.3 Å². The van der Waals surface area contributed by atoms with Crippen LogP contribution >= 0.6 is 0 Å². The Labute approximate surface area is 210 Å². The second-order valence-electron chi connectivity index (χ2n) is 10.0. The maximum atomic E-state index is 13.9. The first-order valence-electron chi connectivity index (χ1n) is 12.6. The third-order valence-electron chi connectivity index (χ3n) is 7.75. The second kappa shape index (κ2) is 11.1. The van der Waals surface area contributed by atoms with Crippen molar-refractivity contribution in [1.29, 1.82) is 0 Å². The Hall–Kier alpha value is -3.40. The van der Waals surface area contributed by atoms with Crippen LogP contribution in [0, 0.1) is 17.8 Å². The van der Waals surface area contributed by atoms with E-state index in [1.807, 2.05) is 24.3 Å². The average molecular weight is 498 g/mol. The minimum Gasteiger partial charge on any atom is -0.381 e. The van der Waals surface area contributed by atoms with Gasteiger partial charge in [-0.2, -0.15) is 0 Å². The molecule has 1 aliphatic heterocycles. The molecule has 10 nitrogen and oxygen atoms in total. The lowest BCUT2D eigenvalue weighted by atomic mass is 9.92. The summed E-state index contributed by atoms with van der Waals surface area (Å²) in [6, 6.07) is 5.59. The van der Waals surface area contributed by atoms with Gasteiger partial charge in [0.15, 0.2) is 0 Å². The van der Waals surface area contributed by atoms with Crippen molar-refractivity contribution in [1.82, 2.24) is 20.9 Å². The van der Waals surface area contributed by atoms with Gasteiger partial charge >= 0.3 is 6.03 Å². The number of carbonyl (C=O) groups excluding carboxylic acids is 4. The monoisotopic (exact) mass is 497 g/mol. The highest BCUT2D eigenvalue weighted by atomic mass is 16.3. The third-order valence-corrected chi connectivity index (χ3v) is 7.75. The molecule has 1 aromatic rings. The molecule has 1 heterocycles. The minimum absolute atomic E-state index is 0.00399. The Morgan fingerprint density at radius 1 is 1.14 bits per heavy atom. The van der Waals surface area contributed by atoms with Gasteiger partial charge in [-0.05, 0) is 54.6 Å². The lowest BCUT2D eigenvalue weighted by Crippen LogP contribution is -2.58. The van der Waals surface area contributed by atoms with Gasteiger partial charge in [-0.25, -0.2) is 4.79 Å². The maximum absolute atomic E-state index is 13.9. The lowest BCUT2D eigenvalue weighted by Gasteiger charge is -2.32. The maximum Gasteiger partial charge on any atom is 0.312 e. The number of benzene rings is 1. The standard InChI is InChI=1S/C26H35N5O5/c1-2-10-28-23(33)20(32)13-29-24(34)22-19-9-5-8-17(19)14-31(22)25(35)21(30-26(27)36)18-11-15-6-3-4-7-16(15)12-18/h2-4,6-7,17-22,32H,1,5,8-14H2,(H,28,33)(H,29,34)(H3,27,30,36)/t17-,19-,20?,21-,22-/m0/s1. The summed E-state index contributed by atoms with van der Waals surface area (Å²) in [5, 5.41) is 17.9. The average Bonchev–Trinajstić information content (AvgIpc) is 3.57. The molecule has 1 saturated heterocycles. The number of likely N-dealkylation sites (tertiary alicyclic amines) is 1. The number of aliphatic hydroxyl groups excluding tert-OH is 1. The summed E-state index contributed by atoms with van der Waals surface area (Å²) in [7, 11) is 0. The van der Waals surface area contributed by atoms with Crippen molar-refractivity contribution < 1.29 is 24.3 Å². The molecule has 4 rings (SSSR count). The van der Waals surface area contributed by atoms with Crippen LogP contribution < -0.4 is 21.7 Å². The van der Waals surface area contributed by atoms with Crippen LogP contribution in [-0.4, -0.2) is 71.6 Å². The smallest absolute Gasteiger partial charge is 0.312 e. The highest BCUT2D eigenvalue weighted by Crippen LogP contribution is 2.43. The molecule has 0 spiro atoms. The number of hydrogen-bond acceptors (Lipinski definition) is 5. The third kappa shape index (κ3) is 5.38. The van der Waals surface area contributed by atoms with Gasteiger partial charge in [0.1, 0.15) is 18.2 Å². The van der Waals surface area contributed by atoms with Crippen LogP contribution in [0.5, 0.6) is 0 Å². The van der Waals surface area contributed by atoms with Crippen molar-refractivity contribution in [2.75, 3.05) is 19.6 Å². The number of urea groups is 1. The molecule has 36 heavy (non-hydrogen) atoms. The molecule has 1 aromatic carbocycles. The fraction of sp³-hybridized carbons (Fsp3) is 0.538. The molecular formula is C26H35N5O5. The van der Waals surface area contributed by atoms with Crippen LogP contribution in [0.1, 0.15) is 30.4 Å². The van der Waals surface area contributed by atoms with Crippen molar-refractivity contribution >= 4 is 23.8 Å². The van der Waals surface area contributed by atoms with Gasteiger partial charge in [-0.1, -0.05) is 36.8 Å². The molecule has 5 amide bonds. The first-order chi connectivity index (χ1) is 17.3. The number of amides is 5. The summed E-state index contributed by atoms with van der Waals surface area (Å²) in [4.78, 5) is 52.6. The van der Waals surface area contributed by atoms with Gasteiger partial charge in [-0.3, -0.25) is 14.4 Å². The molecule has 3 aliphatic rings. The fourth-order valence-corrected chi connectivity index (χ4v) is 6.10. The van der Waals surface area contributed by atoms with Gasteiger partial charge in [0.2, 0.25) is 11.8 Å². The Morgan fingerprint density at radius 3 is 2.47 bits per heavy atom. The Bertz CT molecular complexity index is 1000. The summed E-state index contributed by atoms with van der Waals surface area (Å²) >= 11 is 0. The van der Waals surface area contributed by atoms with Gasteiger partial charge in [0, 0.05) is 13.1 Å². The van der Waals surface area contributed by atoms with Gasteiger partial charge < -0.3 is 31.7 Å². The topological polar surface area (TPSA) is 154 Å². The van der Waals surface area contributed by atoms with Gasteiger partial charge in [0.25, 0.3) is 5.91 Å². The number of nitrogens with two attached hydrogens (primary N) is 1. The number of nitrogens with one attached hydrogen (secondary N) is 3. The zero-order valence-corrected chi connectivity index (χ0v) is 20.3. The number of primary amides is 1. The van der Waals surface area contributed by atoms with Crippen LogP contribution in [0.25, 0.3) is 0 Å². The number of hydrogen-bond donors (Lipinski definition) is 5. The van der Waals surface area contributed by atoms with E-state index in [1.165, 1.54) is 6.08 Å². The molecular weight excluding hydrogens is 462 g/mol. The normalized spacial score (nSPS) is 24.4. The highest BCUT2D eigenvalue weighted by Gasteiger charge is 2.51. The van der Waals surface area contributed by atoms with Crippen LogP contribution in [0.2, 0.25) is 0 Å². The summed E-state index contributed by atoms with van der Waals surface area (Å²) < 4.78 is 0. The van der Waals surface area contributed by atoms with Gasteiger partial charge in [-0.15, -0.1) is 6.58 Å². The van der Waals surface area contributed by atoms with E-state index < -0.39 is 36.0 Å². The first-order valence-corrected chi connectivity index (χ1v) is 12.6. The minimum atomic E-state index is -1.42. The predicted molar refractivity (Wildman–Crippen MR) is 132 cm³/mol. The zero-order valence-electron chi connectivity index (χ0n) is 20.3. The van der Waals surface area contributed by atoms with E-state index in [2.05, 4.69) is 22.5 Å². The Kier molecular flexibility index (Phi) is 7.93. The highest BCUT2D eigenvalue weighted by molar-refractivity contribution is 5.93. The van der Waals surface area contributed by atoms with Crippen molar-refractivity contribution in [3.63, 3.8) is 0 Å². The number of fused-ring (bicyclic) bond motifs is 2. The van der Waals surface area contributed by atoms with Gasteiger partial charge in [0.05, 0.1) is 6.54 Å². The molecule has 6 N–H and O–H groups in total. The number of nitrogens with zero attached hydrogens (tertiary/aromatic N) is 1. The summed E-state index contributed by atoms with van der Waals surface area (Å²) in [6.45, 7) is 3.88. The van der Waals surface area contributed by atoms with Crippen molar-refractivity contribution in [3.8, 4) is 0 Å². The molecule has 2 fully saturated rings. The second-order valence-corrected chi connectivity index (χ2v) is 10.0. The van der Waals surface area contributed by atoms with E-state index in [0.29, 0.717) is 19.4 Å². The fourth-order valence-electron chi connectivity index (χ4n) is 6.10. The Balaban J connectivity index is 1.49. The molecule has 2 aliphatic carbocycles. The molecule has 0 bridgehead atoms. The number of rotatable bonds is 9. The quantitative estimate of drug-likeness (QED) is 0.300. The number of carbonyl (C=O) groups is 4.